The van der Waals surface area contributed by atoms with Crippen molar-refractivity contribution in [2.24, 2.45) is 5.92 Å². The molecule has 0 aliphatic heterocycles. The lowest BCUT2D eigenvalue weighted by Gasteiger charge is -2.12. The van der Waals surface area contributed by atoms with Crippen LogP contribution in [0.25, 0.3) is 0 Å². The maximum absolute atomic E-state index is 9.96. The first-order valence-electron chi connectivity index (χ1n) is 3.85. The quantitative estimate of drug-likeness (QED) is 0.468. The van der Waals surface area contributed by atoms with Crippen molar-refractivity contribution in [3.8, 4) is 0 Å². The lowest BCUT2D eigenvalue weighted by atomic mass is 10.0. The minimum atomic E-state index is -1.10. The first-order valence-corrected chi connectivity index (χ1v) is 3.85. The van der Waals surface area contributed by atoms with Crippen LogP contribution in [-0.4, -0.2) is 34.1 Å². The van der Waals surface area contributed by atoms with Gasteiger partial charge in [-0.25, -0.2) is 0 Å². The first-order chi connectivity index (χ1) is 5.93. The van der Waals surface area contributed by atoms with E-state index < -0.39 is 28.4 Å². The molecule has 7 heteroatoms. The Balaban J connectivity index is 3.75. The van der Waals surface area contributed by atoms with E-state index in [2.05, 4.69) is 0 Å². The van der Waals surface area contributed by atoms with Crippen LogP contribution in [0.2, 0.25) is 0 Å². The first kappa shape index (κ1) is 11.8. The van der Waals surface area contributed by atoms with E-state index in [1.54, 1.807) is 6.92 Å². The molecule has 76 valence electrons. The van der Waals surface area contributed by atoms with Gasteiger partial charge in [-0.15, -0.1) is 0 Å². The Kier molecular flexibility index (Phi) is 4.90. The molecule has 0 saturated heterocycles. The molecule has 0 aromatic rings. The average molecular weight is 192 g/mol. The minimum Gasteiger partial charge on any atom is -0.386 e. The zero-order chi connectivity index (χ0) is 10.4. The minimum absolute atomic E-state index is 0.155. The number of aliphatic hydroxyl groups excluding tert-OH is 1. The van der Waals surface area contributed by atoms with Crippen LogP contribution in [-0.2, 0) is 0 Å². The van der Waals surface area contributed by atoms with Crippen molar-refractivity contribution in [2.75, 3.05) is 13.1 Å². The Morgan fingerprint density at radius 1 is 1.31 bits per heavy atom. The number of nitrogens with zero attached hydrogens (tertiary/aromatic N) is 2. The molecular weight excluding hydrogens is 180 g/mol. The fraction of sp³-hybridized carbons (Fsp3) is 1.00. The second kappa shape index (κ2) is 5.41. The number of hydrogen-bond acceptors (Lipinski definition) is 5. The van der Waals surface area contributed by atoms with E-state index in [0.29, 0.717) is 0 Å². The lowest BCUT2D eigenvalue weighted by molar-refractivity contribution is -0.495. The highest BCUT2D eigenvalue weighted by Crippen LogP contribution is 2.08. The standard InChI is InChI=1S/C6H12N2O5/c1-5(2-3-7(10)11)6(9)4-8(12)13/h5-6,9H,2-4H2,1H3. The van der Waals surface area contributed by atoms with Crippen LogP contribution in [0.4, 0.5) is 0 Å². The fourth-order valence-electron chi connectivity index (χ4n) is 0.834. The van der Waals surface area contributed by atoms with Crippen LogP contribution in [0.5, 0.6) is 0 Å². The third-order valence-corrected chi connectivity index (χ3v) is 1.76. The number of rotatable bonds is 6. The van der Waals surface area contributed by atoms with Crippen LogP contribution in [0.1, 0.15) is 13.3 Å². The van der Waals surface area contributed by atoms with Crippen molar-refractivity contribution in [1.82, 2.24) is 0 Å². The van der Waals surface area contributed by atoms with Gasteiger partial charge in [-0.3, -0.25) is 20.2 Å². The Bertz CT molecular complexity index is 195. The van der Waals surface area contributed by atoms with Gasteiger partial charge >= 0.3 is 0 Å². The highest BCUT2D eigenvalue weighted by Gasteiger charge is 2.20. The van der Waals surface area contributed by atoms with Gasteiger partial charge in [0.2, 0.25) is 13.1 Å². The van der Waals surface area contributed by atoms with Gasteiger partial charge in [0.25, 0.3) is 0 Å². The van der Waals surface area contributed by atoms with Gasteiger partial charge in [-0.1, -0.05) is 6.92 Å². The van der Waals surface area contributed by atoms with Gasteiger partial charge in [-0.2, -0.15) is 0 Å². The number of nitro groups is 2. The van der Waals surface area contributed by atoms with E-state index >= 15 is 0 Å². The maximum atomic E-state index is 9.96. The van der Waals surface area contributed by atoms with Crippen molar-refractivity contribution in [3.63, 3.8) is 0 Å². The smallest absolute Gasteiger partial charge is 0.229 e. The summed E-state index contributed by atoms with van der Waals surface area (Å²) in [5.74, 6) is -0.421. The van der Waals surface area contributed by atoms with E-state index in [0.717, 1.165) is 0 Å². The normalized spacial score (nSPS) is 14.9. The summed E-state index contributed by atoms with van der Waals surface area (Å²) in [6.45, 7) is 0.729. The molecule has 0 aliphatic rings. The van der Waals surface area contributed by atoms with Crippen molar-refractivity contribution in [1.29, 1.82) is 0 Å². The van der Waals surface area contributed by atoms with Crippen LogP contribution < -0.4 is 0 Å². The van der Waals surface area contributed by atoms with Crippen molar-refractivity contribution in [2.45, 2.75) is 19.4 Å². The largest absolute Gasteiger partial charge is 0.386 e. The summed E-state index contributed by atoms with van der Waals surface area (Å²) < 4.78 is 0. The molecule has 0 aromatic carbocycles. The van der Waals surface area contributed by atoms with Gasteiger partial charge in [0.15, 0.2) is 0 Å². The Morgan fingerprint density at radius 2 is 1.85 bits per heavy atom. The van der Waals surface area contributed by atoms with Crippen LogP contribution >= 0.6 is 0 Å². The average Bonchev–Trinajstić information content (AvgIpc) is 1.98. The topological polar surface area (TPSA) is 107 Å². The van der Waals surface area contributed by atoms with Gasteiger partial charge in [0.05, 0.1) is 0 Å². The van der Waals surface area contributed by atoms with Crippen LogP contribution in [0.15, 0.2) is 0 Å². The molecule has 2 atom stereocenters. The third kappa shape index (κ3) is 5.97. The van der Waals surface area contributed by atoms with Crippen molar-refractivity contribution in [3.05, 3.63) is 20.2 Å². The van der Waals surface area contributed by atoms with Gasteiger partial charge in [0.1, 0.15) is 6.10 Å². The van der Waals surface area contributed by atoms with Gasteiger partial charge in [0, 0.05) is 16.3 Å². The summed E-state index contributed by atoms with van der Waals surface area (Å²) in [4.78, 5) is 18.8. The molecule has 2 unspecified atom stereocenters. The number of aliphatic hydroxyl groups is 1. The molecule has 0 fully saturated rings. The predicted octanol–water partition coefficient (Wildman–Crippen LogP) is -0.0731. The molecule has 0 aliphatic carbocycles. The van der Waals surface area contributed by atoms with Crippen molar-refractivity contribution >= 4 is 0 Å². The molecule has 0 heterocycles. The second-order valence-electron chi connectivity index (χ2n) is 2.90. The Labute approximate surface area is 74.7 Å². The maximum Gasteiger partial charge on any atom is 0.229 e. The lowest BCUT2D eigenvalue weighted by Crippen LogP contribution is -2.27. The second-order valence-corrected chi connectivity index (χ2v) is 2.90. The molecule has 7 nitrogen and oxygen atoms in total. The summed E-state index contributed by atoms with van der Waals surface area (Å²) in [5.41, 5.74) is 0. The monoisotopic (exact) mass is 192 g/mol. The highest BCUT2D eigenvalue weighted by molar-refractivity contribution is 4.62. The predicted molar refractivity (Wildman–Crippen MR) is 43.5 cm³/mol. The molecular formula is C6H12N2O5. The van der Waals surface area contributed by atoms with E-state index in [9.17, 15) is 20.2 Å². The fourth-order valence-corrected chi connectivity index (χ4v) is 0.834. The van der Waals surface area contributed by atoms with E-state index in [4.69, 9.17) is 5.11 Å². The summed E-state index contributed by atoms with van der Waals surface area (Å²) in [6, 6.07) is 0. The molecule has 0 radical (unpaired) electrons. The number of hydrogen-bond donors (Lipinski definition) is 1. The van der Waals surface area contributed by atoms with Crippen molar-refractivity contribution < 1.29 is 15.0 Å². The van der Waals surface area contributed by atoms with Gasteiger partial charge < -0.3 is 5.11 Å². The van der Waals surface area contributed by atoms with Crippen LogP contribution in [0, 0.1) is 26.1 Å². The molecule has 0 spiro atoms. The molecule has 0 rings (SSSR count). The molecule has 1 N–H and O–H groups in total. The molecule has 0 amide bonds. The summed E-state index contributed by atoms with van der Waals surface area (Å²) in [6.07, 6.45) is -0.947. The zero-order valence-electron chi connectivity index (χ0n) is 7.25. The summed E-state index contributed by atoms with van der Waals surface area (Å²) in [7, 11) is 0. The zero-order valence-corrected chi connectivity index (χ0v) is 7.25. The summed E-state index contributed by atoms with van der Waals surface area (Å²) >= 11 is 0. The highest BCUT2D eigenvalue weighted by atomic mass is 16.6. The van der Waals surface area contributed by atoms with Gasteiger partial charge in [-0.05, 0) is 5.92 Å². The Morgan fingerprint density at radius 3 is 2.23 bits per heavy atom. The molecule has 13 heavy (non-hydrogen) atoms. The van der Waals surface area contributed by atoms with E-state index in [1.165, 1.54) is 0 Å². The van der Waals surface area contributed by atoms with E-state index in [1.807, 2.05) is 0 Å². The molecule has 0 aromatic heterocycles. The summed E-state index contributed by atoms with van der Waals surface area (Å²) in [5, 5.41) is 29.0. The molecule has 0 bridgehead atoms. The SMILES string of the molecule is CC(CC[N+](=O)[O-])C(O)C[N+](=O)[O-]. The Hall–Kier alpha value is -1.24. The molecule has 0 saturated carbocycles. The van der Waals surface area contributed by atoms with Crippen LogP contribution in [0.3, 0.4) is 0 Å². The third-order valence-electron chi connectivity index (χ3n) is 1.76. The van der Waals surface area contributed by atoms with E-state index in [-0.39, 0.29) is 13.0 Å².